The van der Waals surface area contributed by atoms with Crippen LogP contribution >= 0.6 is 7.82 Å². The van der Waals surface area contributed by atoms with E-state index in [1.165, 1.54) is 340 Å². The third-order valence-corrected chi connectivity index (χ3v) is 19.7. The SMILES string of the molecule is CCCCCCCCCCCCC/C=C/C(OC(=O)CCCCCCCCCCCCCCCCCCCCCCCCC)C(COP(=O)([O-])OCC[N+](C)(C)C)NC(=O)CCCCCCCCCCCCCCCCCCCCCCCCCCCCC. The molecule has 89 heavy (non-hydrogen) atoms. The molecular weight excluding hydrogens is 1120 g/mol. The van der Waals surface area contributed by atoms with Gasteiger partial charge >= 0.3 is 5.97 Å². The highest BCUT2D eigenvalue weighted by Gasteiger charge is 2.27. The lowest BCUT2D eigenvalue weighted by Crippen LogP contribution is -2.47. The van der Waals surface area contributed by atoms with Gasteiger partial charge in [0.15, 0.2) is 0 Å². The van der Waals surface area contributed by atoms with Crippen molar-refractivity contribution in [2.24, 2.45) is 0 Å². The molecule has 0 aromatic rings. The molecule has 3 atom stereocenters. The number of likely N-dealkylation sites (N-methyl/N-ethyl adjacent to an activating group) is 1. The first kappa shape index (κ1) is 87.8. The Hall–Kier alpha value is -1.25. The number of quaternary nitrogens is 1. The number of hydrogen-bond donors (Lipinski definition) is 1. The summed E-state index contributed by atoms with van der Waals surface area (Å²) >= 11 is 0. The highest BCUT2D eigenvalue weighted by molar-refractivity contribution is 7.45. The number of hydrogen-bond acceptors (Lipinski definition) is 7. The molecule has 0 aliphatic heterocycles. The molecule has 1 amide bonds. The van der Waals surface area contributed by atoms with Gasteiger partial charge in [-0.15, -0.1) is 0 Å². The van der Waals surface area contributed by atoms with E-state index in [2.05, 4.69) is 26.1 Å². The molecule has 0 aliphatic carbocycles. The molecule has 3 unspecified atom stereocenters. The van der Waals surface area contributed by atoms with Gasteiger partial charge in [0.1, 0.15) is 19.3 Å². The second kappa shape index (κ2) is 69.6. The van der Waals surface area contributed by atoms with Crippen LogP contribution in [0.15, 0.2) is 12.2 Å². The van der Waals surface area contributed by atoms with E-state index < -0.39 is 20.0 Å². The zero-order valence-corrected chi connectivity index (χ0v) is 61.8. The molecule has 9 nitrogen and oxygen atoms in total. The number of carbonyl (C=O) groups excluding carboxylic acids is 2. The smallest absolute Gasteiger partial charge is 0.306 e. The predicted octanol–water partition coefficient (Wildman–Crippen LogP) is 25.2. The molecule has 0 rings (SSSR count). The van der Waals surface area contributed by atoms with Crippen LogP contribution in [0.25, 0.3) is 0 Å². The van der Waals surface area contributed by atoms with Gasteiger partial charge in [-0.3, -0.25) is 14.2 Å². The molecule has 0 aromatic carbocycles. The maximum absolute atomic E-state index is 13.7. The summed E-state index contributed by atoms with van der Waals surface area (Å²) in [5, 5.41) is 3.07. The van der Waals surface area contributed by atoms with E-state index in [-0.39, 0.29) is 31.5 Å². The number of amides is 1. The molecule has 530 valence electrons. The Labute approximate surface area is 556 Å². The van der Waals surface area contributed by atoms with E-state index in [0.717, 1.165) is 57.8 Å². The Morgan fingerprint density at radius 1 is 0.382 bits per heavy atom. The lowest BCUT2D eigenvalue weighted by molar-refractivity contribution is -0.870. The van der Waals surface area contributed by atoms with Crippen molar-refractivity contribution in [3.05, 3.63) is 12.2 Å². The van der Waals surface area contributed by atoms with Gasteiger partial charge in [-0.25, -0.2) is 0 Å². The normalized spacial score (nSPS) is 13.4. The van der Waals surface area contributed by atoms with Crippen molar-refractivity contribution in [1.29, 1.82) is 0 Å². The molecule has 0 aliphatic rings. The average Bonchev–Trinajstić information content (AvgIpc) is 3.69. The summed E-state index contributed by atoms with van der Waals surface area (Å²) in [4.78, 5) is 40.3. The van der Waals surface area contributed by atoms with Gasteiger partial charge in [-0.2, -0.15) is 0 Å². The summed E-state index contributed by atoms with van der Waals surface area (Å²) in [5.74, 6) is -0.508. The van der Waals surface area contributed by atoms with Crippen molar-refractivity contribution in [3.8, 4) is 0 Å². The van der Waals surface area contributed by atoms with Gasteiger partial charge in [0.05, 0.1) is 33.8 Å². The highest BCUT2D eigenvalue weighted by Crippen LogP contribution is 2.38. The minimum absolute atomic E-state index is 0.0161. The number of phosphoric acid groups is 1. The van der Waals surface area contributed by atoms with Crippen molar-refractivity contribution in [3.63, 3.8) is 0 Å². The van der Waals surface area contributed by atoms with Crippen LogP contribution in [0.2, 0.25) is 0 Å². The number of allylic oxidation sites excluding steroid dienone is 1. The summed E-state index contributed by atoms with van der Waals surface area (Å²) in [6, 6.07) is -0.882. The summed E-state index contributed by atoms with van der Waals surface area (Å²) < 4.78 is 30.6. The van der Waals surface area contributed by atoms with E-state index >= 15 is 0 Å². The van der Waals surface area contributed by atoms with Gasteiger partial charge in [-0.1, -0.05) is 399 Å². The fourth-order valence-electron chi connectivity index (χ4n) is 12.6. The molecular formula is C79H157N2O7P. The third kappa shape index (κ3) is 70.9. The topological polar surface area (TPSA) is 114 Å². The van der Waals surface area contributed by atoms with E-state index in [0.29, 0.717) is 17.4 Å². The molecule has 0 bridgehead atoms. The maximum atomic E-state index is 13.7. The van der Waals surface area contributed by atoms with Crippen LogP contribution in [0.5, 0.6) is 0 Å². The second-order valence-electron chi connectivity index (χ2n) is 28.9. The Kier molecular flexibility index (Phi) is 68.6. The molecule has 0 saturated heterocycles. The van der Waals surface area contributed by atoms with Crippen LogP contribution < -0.4 is 10.2 Å². The number of nitrogens with zero attached hydrogens (tertiary/aromatic N) is 1. The zero-order valence-electron chi connectivity index (χ0n) is 60.9. The van der Waals surface area contributed by atoms with Gasteiger partial charge < -0.3 is 28.5 Å². The predicted molar refractivity (Wildman–Crippen MR) is 386 cm³/mol. The van der Waals surface area contributed by atoms with Crippen molar-refractivity contribution < 1.29 is 37.3 Å². The van der Waals surface area contributed by atoms with E-state index in [1.54, 1.807) is 0 Å². The summed E-state index contributed by atoms with van der Waals surface area (Å²) in [6.07, 6.45) is 85.1. The molecule has 0 aromatic heterocycles. The van der Waals surface area contributed by atoms with Crippen molar-refractivity contribution in [2.75, 3.05) is 40.9 Å². The Morgan fingerprint density at radius 3 is 0.921 bits per heavy atom. The largest absolute Gasteiger partial charge is 0.756 e. The molecule has 10 heteroatoms. The van der Waals surface area contributed by atoms with Crippen molar-refractivity contribution >= 4 is 19.7 Å². The van der Waals surface area contributed by atoms with Gasteiger partial charge in [0, 0.05) is 12.8 Å². The van der Waals surface area contributed by atoms with E-state index in [9.17, 15) is 19.0 Å². The maximum Gasteiger partial charge on any atom is 0.306 e. The Balaban J connectivity index is 4.91. The third-order valence-electron chi connectivity index (χ3n) is 18.7. The van der Waals surface area contributed by atoms with Crippen LogP contribution in [-0.2, 0) is 27.9 Å². The zero-order chi connectivity index (χ0) is 64.9. The van der Waals surface area contributed by atoms with Crippen LogP contribution in [0, 0.1) is 0 Å². The van der Waals surface area contributed by atoms with Crippen molar-refractivity contribution in [1.82, 2.24) is 5.32 Å². The fourth-order valence-corrected chi connectivity index (χ4v) is 13.3. The molecule has 1 N–H and O–H groups in total. The summed E-state index contributed by atoms with van der Waals surface area (Å²) in [6.45, 7) is 6.95. The standard InChI is InChI=1S/C79H157N2O7P/c1-7-10-13-16-19-22-25-28-30-32-34-36-38-39-40-41-43-44-46-48-50-53-56-59-62-65-68-71-78(82)80-76(75-87-89(84,85)86-74-73-81(4,5)6)77(70-67-64-61-58-55-52-27-24-21-18-15-12-9-3)88-79(83)72-69-66-63-60-57-54-51-49-47-45-42-37-35-33-31-29-26-23-20-17-14-11-8-2/h67,70,76-77H,7-66,68-69,71-75H2,1-6H3,(H-,80,82,84,85)/b70-67+. The minimum atomic E-state index is -4.70. The van der Waals surface area contributed by atoms with Crippen LogP contribution in [-0.4, -0.2) is 69.4 Å². The molecule has 0 saturated carbocycles. The lowest BCUT2D eigenvalue weighted by atomic mass is 10.0. The highest BCUT2D eigenvalue weighted by atomic mass is 31.2. The quantitative estimate of drug-likeness (QED) is 0.0212. The van der Waals surface area contributed by atoms with Gasteiger partial charge in [0.25, 0.3) is 7.82 Å². The van der Waals surface area contributed by atoms with E-state index in [1.807, 2.05) is 33.3 Å². The number of unbranched alkanes of at least 4 members (excludes halogenated alkanes) is 59. The van der Waals surface area contributed by atoms with Crippen LogP contribution in [0.1, 0.15) is 432 Å². The van der Waals surface area contributed by atoms with Crippen LogP contribution in [0.3, 0.4) is 0 Å². The molecule has 0 radical (unpaired) electrons. The number of carbonyl (C=O) groups is 2. The summed E-state index contributed by atoms with van der Waals surface area (Å²) in [5.41, 5.74) is 0. The fraction of sp³-hybridized carbons (Fsp3) is 0.949. The van der Waals surface area contributed by atoms with Gasteiger partial charge in [-0.05, 0) is 31.8 Å². The number of rotatable bonds is 75. The molecule has 0 heterocycles. The second-order valence-corrected chi connectivity index (χ2v) is 30.4. The van der Waals surface area contributed by atoms with Crippen LogP contribution in [0.4, 0.5) is 0 Å². The molecule has 0 spiro atoms. The first-order chi connectivity index (χ1) is 43.4. The summed E-state index contributed by atoms with van der Waals surface area (Å²) in [7, 11) is 1.22. The first-order valence-electron chi connectivity index (χ1n) is 40.0. The first-order valence-corrected chi connectivity index (χ1v) is 41.5. The average molecular weight is 1280 g/mol. The Bertz CT molecular complexity index is 1520. The minimum Gasteiger partial charge on any atom is -0.756 e. The Morgan fingerprint density at radius 2 is 0.640 bits per heavy atom. The monoisotopic (exact) mass is 1280 g/mol. The van der Waals surface area contributed by atoms with E-state index in [4.69, 9.17) is 13.8 Å². The number of ether oxygens (including phenoxy) is 1. The lowest BCUT2D eigenvalue weighted by Gasteiger charge is -2.30. The molecule has 0 fully saturated rings. The van der Waals surface area contributed by atoms with Crippen molar-refractivity contribution in [2.45, 2.75) is 444 Å². The number of nitrogens with one attached hydrogen (secondary N) is 1. The van der Waals surface area contributed by atoms with Gasteiger partial charge in [0.2, 0.25) is 5.91 Å². The number of esters is 1. The number of phosphoric ester groups is 1.